The maximum atomic E-state index is 9.26. The lowest BCUT2D eigenvalue weighted by molar-refractivity contribution is 0.541. The van der Waals surface area contributed by atoms with Crippen LogP contribution in [0.1, 0.15) is 31.1 Å². The zero-order chi connectivity index (χ0) is 11.7. The first-order valence-electron chi connectivity index (χ1n) is 5.52. The van der Waals surface area contributed by atoms with Crippen molar-refractivity contribution < 1.29 is 4.42 Å². The molecule has 0 N–H and O–H groups in total. The highest BCUT2D eigenvalue weighted by molar-refractivity contribution is 5.83. The molecule has 2 aromatic rings. The number of hydrogen-bond acceptors (Lipinski definition) is 2. The predicted molar refractivity (Wildman–Crippen MR) is 64.1 cm³/mol. The number of aryl methyl sites for hydroxylation is 1. The molecule has 0 aliphatic rings. The molecule has 82 valence electrons. The van der Waals surface area contributed by atoms with Crippen LogP contribution in [-0.4, -0.2) is 0 Å². The van der Waals surface area contributed by atoms with E-state index in [4.69, 9.17) is 4.42 Å². The molecule has 1 unspecified atom stereocenters. The second kappa shape index (κ2) is 4.02. The van der Waals surface area contributed by atoms with E-state index in [0.29, 0.717) is 5.92 Å². The van der Waals surface area contributed by atoms with Crippen LogP contribution >= 0.6 is 0 Å². The van der Waals surface area contributed by atoms with E-state index in [2.05, 4.69) is 19.9 Å². The smallest absolute Gasteiger partial charge is 0.134 e. The van der Waals surface area contributed by atoms with Gasteiger partial charge in [0.05, 0.1) is 12.0 Å². The van der Waals surface area contributed by atoms with Crippen molar-refractivity contribution in [1.29, 1.82) is 5.26 Å². The summed E-state index contributed by atoms with van der Waals surface area (Å²) in [5.41, 5.74) is 1.92. The van der Waals surface area contributed by atoms with E-state index in [0.717, 1.165) is 22.3 Å². The molecule has 16 heavy (non-hydrogen) atoms. The van der Waals surface area contributed by atoms with Gasteiger partial charge >= 0.3 is 0 Å². The second-order valence-corrected chi connectivity index (χ2v) is 4.42. The SMILES string of the molecule is Cc1oc2ccccc2c1C(C#N)C(C)C. The monoisotopic (exact) mass is 213 g/mol. The Bertz CT molecular complexity index is 545. The zero-order valence-electron chi connectivity index (χ0n) is 9.82. The number of fused-ring (bicyclic) bond motifs is 1. The van der Waals surface area contributed by atoms with Crippen LogP contribution in [-0.2, 0) is 0 Å². The van der Waals surface area contributed by atoms with Crippen LogP contribution in [0.4, 0.5) is 0 Å². The molecule has 1 heterocycles. The van der Waals surface area contributed by atoms with Crippen molar-refractivity contribution in [3.63, 3.8) is 0 Å². The quantitative estimate of drug-likeness (QED) is 0.755. The molecule has 0 bridgehead atoms. The molecule has 1 aromatic carbocycles. The fourth-order valence-corrected chi connectivity index (χ4v) is 2.12. The van der Waals surface area contributed by atoms with Gasteiger partial charge in [-0.25, -0.2) is 0 Å². The molecule has 0 saturated carbocycles. The Morgan fingerprint density at radius 1 is 1.25 bits per heavy atom. The topological polar surface area (TPSA) is 36.9 Å². The van der Waals surface area contributed by atoms with Crippen LogP contribution in [0.2, 0.25) is 0 Å². The maximum Gasteiger partial charge on any atom is 0.134 e. The molecular formula is C14H15NO. The average molecular weight is 213 g/mol. The van der Waals surface area contributed by atoms with Crippen LogP contribution in [0.3, 0.4) is 0 Å². The lowest BCUT2D eigenvalue weighted by atomic mass is 9.88. The highest BCUT2D eigenvalue weighted by Crippen LogP contribution is 2.34. The number of para-hydroxylation sites is 1. The van der Waals surface area contributed by atoms with E-state index in [1.165, 1.54) is 0 Å². The highest BCUT2D eigenvalue weighted by atomic mass is 16.3. The summed E-state index contributed by atoms with van der Waals surface area (Å²) in [6, 6.07) is 10.3. The molecule has 2 rings (SSSR count). The molecule has 0 fully saturated rings. The maximum absolute atomic E-state index is 9.26. The van der Waals surface area contributed by atoms with Crippen LogP contribution in [0.15, 0.2) is 28.7 Å². The fraction of sp³-hybridized carbons (Fsp3) is 0.357. The van der Waals surface area contributed by atoms with E-state index in [9.17, 15) is 5.26 Å². The van der Waals surface area contributed by atoms with Crippen molar-refractivity contribution >= 4 is 11.0 Å². The van der Waals surface area contributed by atoms with E-state index < -0.39 is 0 Å². The van der Waals surface area contributed by atoms with Gasteiger partial charge in [0.2, 0.25) is 0 Å². The van der Waals surface area contributed by atoms with Crippen molar-refractivity contribution in [2.75, 3.05) is 0 Å². The van der Waals surface area contributed by atoms with Crippen LogP contribution in [0.25, 0.3) is 11.0 Å². The van der Waals surface area contributed by atoms with Crippen LogP contribution < -0.4 is 0 Å². The summed E-state index contributed by atoms with van der Waals surface area (Å²) in [5.74, 6) is 1.06. The summed E-state index contributed by atoms with van der Waals surface area (Å²) >= 11 is 0. The summed E-state index contributed by atoms with van der Waals surface area (Å²) < 4.78 is 5.68. The standard InChI is InChI=1S/C14H15NO/c1-9(2)12(8-15)14-10(3)16-13-7-5-4-6-11(13)14/h4-7,9,12H,1-3H3. The summed E-state index contributed by atoms with van der Waals surface area (Å²) in [7, 11) is 0. The van der Waals surface area contributed by atoms with E-state index in [-0.39, 0.29) is 5.92 Å². The van der Waals surface area contributed by atoms with Crippen molar-refractivity contribution in [3.05, 3.63) is 35.6 Å². The molecule has 2 nitrogen and oxygen atoms in total. The van der Waals surface area contributed by atoms with Gasteiger partial charge in [-0.3, -0.25) is 0 Å². The normalized spacial score (nSPS) is 12.9. The number of hydrogen-bond donors (Lipinski definition) is 0. The van der Waals surface area contributed by atoms with E-state index >= 15 is 0 Å². The van der Waals surface area contributed by atoms with Gasteiger partial charge in [0.15, 0.2) is 0 Å². The molecular weight excluding hydrogens is 198 g/mol. The minimum Gasteiger partial charge on any atom is -0.461 e. The number of nitrogens with zero attached hydrogens (tertiary/aromatic N) is 1. The Morgan fingerprint density at radius 2 is 1.94 bits per heavy atom. The minimum atomic E-state index is -0.0938. The number of nitriles is 1. The molecule has 2 heteroatoms. The Kier molecular flexibility index (Phi) is 2.70. The van der Waals surface area contributed by atoms with Gasteiger partial charge in [-0.05, 0) is 18.9 Å². The van der Waals surface area contributed by atoms with Gasteiger partial charge in [-0.1, -0.05) is 32.0 Å². The van der Waals surface area contributed by atoms with E-state index in [1.54, 1.807) is 0 Å². The van der Waals surface area contributed by atoms with Crippen molar-refractivity contribution in [1.82, 2.24) is 0 Å². The molecule has 0 saturated heterocycles. The van der Waals surface area contributed by atoms with Gasteiger partial charge in [0.1, 0.15) is 11.3 Å². The predicted octanol–water partition coefficient (Wildman–Crippen LogP) is 4.00. The van der Waals surface area contributed by atoms with Gasteiger partial charge in [0.25, 0.3) is 0 Å². The first-order chi connectivity index (χ1) is 7.65. The number of benzene rings is 1. The fourth-order valence-electron chi connectivity index (χ4n) is 2.12. The number of rotatable bonds is 2. The van der Waals surface area contributed by atoms with Gasteiger partial charge in [-0.15, -0.1) is 0 Å². The summed E-state index contributed by atoms with van der Waals surface area (Å²) in [6.45, 7) is 6.06. The molecule has 0 spiro atoms. The van der Waals surface area contributed by atoms with Crippen LogP contribution in [0.5, 0.6) is 0 Å². The molecule has 0 aliphatic heterocycles. The third kappa shape index (κ3) is 1.59. The molecule has 0 radical (unpaired) electrons. The highest BCUT2D eigenvalue weighted by Gasteiger charge is 2.22. The van der Waals surface area contributed by atoms with Crippen molar-refractivity contribution in [2.45, 2.75) is 26.7 Å². The summed E-state index contributed by atoms with van der Waals surface area (Å²) in [4.78, 5) is 0. The molecule has 1 atom stereocenters. The van der Waals surface area contributed by atoms with Gasteiger partial charge in [0, 0.05) is 10.9 Å². The van der Waals surface area contributed by atoms with Gasteiger partial charge < -0.3 is 4.42 Å². The molecule has 0 aliphatic carbocycles. The third-order valence-corrected chi connectivity index (χ3v) is 2.94. The summed E-state index contributed by atoms with van der Waals surface area (Å²) in [5, 5.41) is 10.3. The zero-order valence-corrected chi connectivity index (χ0v) is 9.82. The average Bonchev–Trinajstić information content (AvgIpc) is 2.57. The molecule has 0 amide bonds. The Morgan fingerprint density at radius 3 is 2.56 bits per heavy atom. The lowest BCUT2D eigenvalue weighted by Crippen LogP contribution is -2.04. The Hall–Kier alpha value is -1.75. The minimum absolute atomic E-state index is 0.0938. The number of furan rings is 1. The molecule has 1 aromatic heterocycles. The Balaban J connectivity index is 2.68. The van der Waals surface area contributed by atoms with Gasteiger partial charge in [-0.2, -0.15) is 5.26 Å². The third-order valence-electron chi connectivity index (χ3n) is 2.94. The first-order valence-corrected chi connectivity index (χ1v) is 5.52. The van der Waals surface area contributed by atoms with Crippen molar-refractivity contribution in [2.24, 2.45) is 5.92 Å². The lowest BCUT2D eigenvalue weighted by Gasteiger charge is -2.12. The van der Waals surface area contributed by atoms with Crippen LogP contribution in [0, 0.1) is 24.2 Å². The first kappa shape index (κ1) is 10.8. The summed E-state index contributed by atoms with van der Waals surface area (Å²) in [6.07, 6.45) is 0. The second-order valence-electron chi connectivity index (χ2n) is 4.42. The van der Waals surface area contributed by atoms with Crippen molar-refractivity contribution in [3.8, 4) is 6.07 Å². The largest absolute Gasteiger partial charge is 0.461 e. The Labute approximate surface area is 95.5 Å². The van der Waals surface area contributed by atoms with E-state index in [1.807, 2.05) is 31.2 Å².